The molecule has 0 aliphatic rings. The number of hydrazone groups is 1. The molecule has 0 saturated carbocycles. The Balaban J connectivity index is 1.97. The van der Waals surface area contributed by atoms with E-state index in [1.807, 2.05) is 26.0 Å². The van der Waals surface area contributed by atoms with Gasteiger partial charge >= 0.3 is 0 Å². The van der Waals surface area contributed by atoms with Gasteiger partial charge in [0, 0.05) is 5.56 Å². The smallest absolute Gasteiger partial charge is 0.271 e. The number of benzene rings is 2. The van der Waals surface area contributed by atoms with Crippen LogP contribution < -0.4 is 19.6 Å². The summed E-state index contributed by atoms with van der Waals surface area (Å²) in [7, 11) is 1.59. The second-order valence-electron chi connectivity index (χ2n) is 5.42. The van der Waals surface area contributed by atoms with Crippen LogP contribution in [0.3, 0.4) is 0 Å². The lowest BCUT2D eigenvalue weighted by molar-refractivity contribution is 0.0955. The van der Waals surface area contributed by atoms with Gasteiger partial charge in [0.05, 0.1) is 26.5 Å². The van der Waals surface area contributed by atoms with E-state index in [1.165, 1.54) is 0 Å². The van der Waals surface area contributed by atoms with E-state index in [0.29, 0.717) is 30.3 Å². The zero-order valence-corrected chi connectivity index (χ0v) is 15.3. The van der Waals surface area contributed by atoms with Gasteiger partial charge in [-0.3, -0.25) is 4.79 Å². The van der Waals surface area contributed by atoms with Crippen molar-refractivity contribution in [3.05, 3.63) is 53.6 Å². The van der Waals surface area contributed by atoms with Gasteiger partial charge in [-0.25, -0.2) is 5.43 Å². The molecular formula is C20H24N2O4. The lowest BCUT2D eigenvalue weighted by atomic mass is 10.2. The molecule has 26 heavy (non-hydrogen) atoms. The standard InChI is InChI=1S/C20H24N2O4/c1-4-12-26-18-11-6-15(13-19(18)24-3)14-21-22-20(23)16-7-9-17(10-8-16)25-5-2/h6-11,13-14H,4-5,12H2,1-3H3,(H,22,23)/b21-14+. The highest BCUT2D eigenvalue weighted by Gasteiger charge is 2.06. The van der Waals surface area contributed by atoms with Crippen molar-refractivity contribution in [2.45, 2.75) is 20.3 Å². The average Bonchev–Trinajstić information content (AvgIpc) is 2.67. The maximum Gasteiger partial charge on any atom is 0.271 e. The molecule has 6 nitrogen and oxygen atoms in total. The number of hydrogen-bond acceptors (Lipinski definition) is 5. The second-order valence-corrected chi connectivity index (χ2v) is 5.42. The number of ether oxygens (including phenoxy) is 3. The normalized spacial score (nSPS) is 10.6. The van der Waals surface area contributed by atoms with E-state index in [0.717, 1.165) is 17.7 Å². The molecule has 2 aromatic rings. The van der Waals surface area contributed by atoms with Crippen molar-refractivity contribution < 1.29 is 19.0 Å². The highest BCUT2D eigenvalue weighted by Crippen LogP contribution is 2.27. The Labute approximate surface area is 153 Å². The summed E-state index contributed by atoms with van der Waals surface area (Å²) < 4.78 is 16.3. The molecule has 0 aliphatic carbocycles. The molecule has 0 atom stereocenters. The van der Waals surface area contributed by atoms with Crippen LogP contribution in [0, 0.1) is 0 Å². The largest absolute Gasteiger partial charge is 0.494 e. The van der Waals surface area contributed by atoms with Crippen molar-refractivity contribution in [3.63, 3.8) is 0 Å². The van der Waals surface area contributed by atoms with Crippen LogP contribution in [-0.2, 0) is 0 Å². The van der Waals surface area contributed by atoms with E-state index < -0.39 is 0 Å². The first kappa shape index (κ1) is 19.3. The van der Waals surface area contributed by atoms with Crippen LogP contribution in [0.25, 0.3) is 0 Å². The van der Waals surface area contributed by atoms with Crippen LogP contribution in [0.4, 0.5) is 0 Å². The number of rotatable bonds is 9. The van der Waals surface area contributed by atoms with E-state index in [-0.39, 0.29) is 5.91 Å². The Morgan fingerprint density at radius 3 is 2.50 bits per heavy atom. The van der Waals surface area contributed by atoms with E-state index in [2.05, 4.69) is 10.5 Å². The lowest BCUT2D eigenvalue weighted by Gasteiger charge is -2.10. The lowest BCUT2D eigenvalue weighted by Crippen LogP contribution is -2.17. The molecule has 0 saturated heterocycles. The summed E-state index contributed by atoms with van der Waals surface area (Å²) in [6, 6.07) is 12.4. The number of hydrogen-bond donors (Lipinski definition) is 1. The van der Waals surface area contributed by atoms with E-state index >= 15 is 0 Å². The maximum atomic E-state index is 12.1. The quantitative estimate of drug-likeness (QED) is 0.550. The molecule has 2 rings (SSSR count). The topological polar surface area (TPSA) is 69.2 Å². The third-order valence-electron chi connectivity index (χ3n) is 3.46. The monoisotopic (exact) mass is 356 g/mol. The fourth-order valence-electron chi connectivity index (χ4n) is 2.19. The SMILES string of the molecule is CCCOc1ccc(/C=N/NC(=O)c2ccc(OCC)cc2)cc1OC. The fraction of sp³-hybridized carbons (Fsp3) is 0.300. The van der Waals surface area contributed by atoms with Crippen molar-refractivity contribution in [3.8, 4) is 17.2 Å². The molecule has 2 aromatic carbocycles. The third kappa shape index (κ3) is 5.51. The zero-order chi connectivity index (χ0) is 18.8. The Morgan fingerprint density at radius 2 is 1.85 bits per heavy atom. The summed E-state index contributed by atoms with van der Waals surface area (Å²) in [6.07, 6.45) is 2.47. The maximum absolute atomic E-state index is 12.1. The summed E-state index contributed by atoms with van der Waals surface area (Å²) in [5.74, 6) is 1.74. The minimum absolute atomic E-state index is 0.292. The molecule has 0 spiro atoms. The van der Waals surface area contributed by atoms with Crippen LogP contribution in [0.15, 0.2) is 47.6 Å². The molecular weight excluding hydrogens is 332 g/mol. The van der Waals surface area contributed by atoms with Crippen molar-refractivity contribution in [1.82, 2.24) is 5.43 Å². The van der Waals surface area contributed by atoms with Crippen molar-refractivity contribution in [1.29, 1.82) is 0 Å². The van der Waals surface area contributed by atoms with Gasteiger partial charge in [0.2, 0.25) is 0 Å². The minimum atomic E-state index is -0.292. The van der Waals surface area contributed by atoms with Gasteiger partial charge in [-0.05, 0) is 61.4 Å². The number of methoxy groups -OCH3 is 1. The molecule has 0 fully saturated rings. The Hall–Kier alpha value is -3.02. The molecule has 0 unspecified atom stereocenters. The number of carbonyl (C=O) groups is 1. The second kappa shape index (κ2) is 10.1. The van der Waals surface area contributed by atoms with Gasteiger partial charge in [-0.2, -0.15) is 5.10 Å². The van der Waals surface area contributed by atoms with Gasteiger partial charge < -0.3 is 14.2 Å². The number of nitrogens with zero attached hydrogens (tertiary/aromatic N) is 1. The van der Waals surface area contributed by atoms with Crippen LogP contribution in [0.2, 0.25) is 0 Å². The van der Waals surface area contributed by atoms with Gasteiger partial charge in [0.25, 0.3) is 5.91 Å². The van der Waals surface area contributed by atoms with Crippen LogP contribution in [0.5, 0.6) is 17.2 Å². The van der Waals surface area contributed by atoms with Gasteiger partial charge in [-0.1, -0.05) is 6.92 Å². The first-order valence-electron chi connectivity index (χ1n) is 8.55. The summed E-state index contributed by atoms with van der Waals surface area (Å²) in [5, 5.41) is 3.99. The van der Waals surface area contributed by atoms with E-state index in [4.69, 9.17) is 14.2 Å². The average molecular weight is 356 g/mol. The Morgan fingerprint density at radius 1 is 1.08 bits per heavy atom. The number of amides is 1. The Bertz CT molecular complexity index is 742. The first-order valence-corrected chi connectivity index (χ1v) is 8.55. The molecule has 138 valence electrons. The van der Waals surface area contributed by atoms with Crippen LogP contribution >= 0.6 is 0 Å². The predicted molar refractivity (Wildman–Crippen MR) is 101 cm³/mol. The third-order valence-corrected chi connectivity index (χ3v) is 3.46. The highest BCUT2D eigenvalue weighted by atomic mass is 16.5. The molecule has 0 radical (unpaired) electrons. The molecule has 0 bridgehead atoms. The van der Waals surface area contributed by atoms with Crippen LogP contribution in [0.1, 0.15) is 36.2 Å². The minimum Gasteiger partial charge on any atom is -0.494 e. The van der Waals surface area contributed by atoms with Crippen molar-refractivity contribution >= 4 is 12.1 Å². The van der Waals surface area contributed by atoms with Gasteiger partial charge in [-0.15, -0.1) is 0 Å². The van der Waals surface area contributed by atoms with Gasteiger partial charge in [0.15, 0.2) is 11.5 Å². The number of carbonyl (C=O) groups excluding carboxylic acids is 1. The first-order chi connectivity index (χ1) is 12.7. The van der Waals surface area contributed by atoms with E-state index in [1.54, 1.807) is 43.7 Å². The van der Waals surface area contributed by atoms with Gasteiger partial charge in [0.1, 0.15) is 5.75 Å². The van der Waals surface area contributed by atoms with Crippen LogP contribution in [-0.4, -0.2) is 32.4 Å². The van der Waals surface area contributed by atoms with E-state index in [9.17, 15) is 4.79 Å². The molecule has 0 heterocycles. The Kier molecular flexibility index (Phi) is 7.49. The summed E-state index contributed by atoms with van der Waals surface area (Å²) >= 11 is 0. The predicted octanol–water partition coefficient (Wildman–Crippen LogP) is 3.65. The number of nitrogens with one attached hydrogen (secondary N) is 1. The molecule has 6 heteroatoms. The molecule has 1 N–H and O–H groups in total. The van der Waals surface area contributed by atoms with Crippen molar-refractivity contribution in [2.24, 2.45) is 5.10 Å². The summed E-state index contributed by atoms with van der Waals surface area (Å²) in [5.41, 5.74) is 3.80. The summed E-state index contributed by atoms with van der Waals surface area (Å²) in [4.78, 5) is 12.1. The highest BCUT2D eigenvalue weighted by molar-refractivity contribution is 5.95. The molecule has 1 amide bonds. The summed E-state index contributed by atoms with van der Waals surface area (Å²) in [6.45, 7) is 5.16. The molecule has 0 aromatic heterocycles. The fourth-order valence-corrected chi connectivity index (χ4v) is 2.19. The van der Waals surface area contributed by atoms with Crippen molar-refractivity contribution in [2.75, 3.05) is 20.3 Å². The molecule has 0 aliphatic heterocycles. The zero-order valence-electron chi connectivity index (χ0n) is 15.3.